The molecule has 1 atom stereocenters. The molecule has 0 amide bonds. The maximum absolute atomic E-state index is 5.25. The van der Waals surface area contributed by atoms with Gasteiger partial charge in [-0.25, -0.2) is 0 Å². The summed E-state index contributed by atoms with van der Waals surface area (Å²) in [6.45, 7) is 6.06. The molecule has 0 radical (unpaired) electrons. The summed E-state index contributed by atoms with van der Waals surface area (Å²) in [7, 11) is 1.72. The highest BCUT2D eigenvalue weighted by atomic mass is 16.5. The smallest absolute Gasteiger partial charge is 0.118 e. The SMILES string of the molecule is COc1ccc(C(C)CCN2CCC(Cc3ccccc3)CC2)cc1. The summed E-state index contributed by atoms with van der Waals surface area (Å²) in [5.41, 5.74) is 2.91. The lowest BCUT2D eigenvalue weighted by atomic mass is 9.89. The van der Waals surface area contributed by atoms with E-state index in [2.05, 4.69) is 66.4 Å². The lowest BCUT2D eigenvalue weighted by Crippen LogP contribution is -2.35. The first-order valence-electron chi connectivity index (χ1n) is 9.65. The number of hydrogen-bond donors (Lipinski definition) is 0. The number of hydrogen-bond acceptors (Lipinski definition) is 2. The molecule has 0 aliphatic carbocycles. The van der Waals surface area contributed by atoms with Gasteiger partial charge >= 0.3 is 0 Å². The molecule has 25 heavy (non-hydrogen) atoms. The summed E-state index contributed by atoms with van der Waals surface area (Å²) in [5.74, 6) is 2.40. The largest absolute Gasteiger partial charge is 0.497 e. The fourth-order valence-electron chi connectivity index (χ4n) is 3.84. The first-order valence-corrected chi connectivity index (χ1v) is 9.65. The summed E-state index contributed by atoms with van der Waals surface area (Å²) in [6, 6.07) is 19.5. The van der Waals surface area contributed by atoms with Crippen LogP contribution in [0.3, 0.4) is 0 Å². The van der Waals surface area contributed by atoms with Crippen molar-refractivity contribution in [1.82, 2.24) is 4.90 Å². The van der Waals surface area contributed by atoms with Crippen molar-refractivity contribution in [2.75, 3.05) is 26.7 Å². The molecule has 1 heterocycles. The summed E-state index contributed by atoms with van der Waals surface area (Å²) in [5, 5.41) is 0. The number of rotatable bonds is 7. The van der Waals surface area contributed by atoms with Gasteiger partial charge < -0.3 is 9.64 Å². The van der Waals surface area contributed by atoms with Gasteiger partial charge in [-0.15, -0.1) is 0 Å². The number of piperidine rings is 1. The van der Waals surface area contributed by atoms with Crippen LogP contribution in [0, 0.1) is 5.92 Å². The minimum atomic E-state index is 0.605. The number of likely N-dealkylation sites (tertiary alicyclic amines) is 1. The fraction of sp³-hybridized carbons (Fsp3) is 0.478. The van der Waals surface area contributed by atoms with Crippen LogP contribution in [-0.2, 0) is 6.42 Å². The van der Waals surface area contributed by atoms with Crippen LogP contribution in [0.2, 0.25) is 0 Å². The molecule has 1 saturated heterocycles. The van der Waals surface area contributed by atoms with Gasteiger partial charge in [-0.3, -0.25) is 0 Å². The third-order valence-electron chi connectivity index (χ3n) is 5.64. The Morgan fingerprint density at radius 1 is 1.00 bits per heavy atom. The van der Waals surface area contributed by atoms with Crippen LogP contribution in [0.25, 0.3) is 0 Å². The molecule has 2 aromatic rings. The predicted molar refractivity (Wildman–Crippen MR) is 105 cm³/mol. The molecule has 0 spiro atoms. The van der Waals surface area contributed by atoms with Crippen molar-refractivity contribution < 1.29 is 4.74 Å². The Bertz CT molecular complexity index is 614. The molecule has 1 unspecified atom stereocenters. The van der Waals surface area contributed by atoms with Gasteiger partial charge in [-0.2, -0.15) is 0 Å². The van der Waals surface area contributed by atoms with E-state index in [1.165, 1.54) is 56.4 Å². The van der Waals surface area contributed by atoms with Crippen molar-refractivity contribution in [3.05, 3.63) is 65.7 Å². The molecule has 134 valence electrons. The molecular formula is C23H31NO. The Labute approximate surface area is 152 Å². The van der Waals surface area contributed by atoms with Crippen molar-refractivity contribution in [3.8, 4) is 5.75 Å². The average Bonchev–Trinajstić information content (AvgIpc) is 2.68. The Morgan fingerprint density at radius 3 is 2.32 bits per heavy atom. The van der Waals surface area contributed by atoms with Gasteiger partial charge in [-0.1, -0.05) is 49.4 Å². The van der Waals surface area contributed by atoms with E-state index in [1.807, 2.05) is 0 Å². The van der Waals surface area contributed by atoms with E-state index in [4.69, 9.17) is 4.74 Å². The van der Waals surface area contributed by atoms with E-state index in [0.29, 0.717) is 5.92 Å². The van der Waals surface area contributed by atoms with Gasteiger partial charge in [0.1, 0.15) is 5.75 Å². The third-order valence-corrected chi connectivity index (χ3v) is 5.64. The zero-order chi connectivity index (χ0) is 17.5. The average molecular weight is 338 g/mol. The van der Waals surface area contributed by atoms with Crippen LogP contribution in [0.5, 0.6) is 5.75 Å². The molecule has 0 N–H and O–H groups in total. The second-order valence-electron chi connectivity index (χ2n) is 7.44. The molecule has 3 rings (SSSR count). The minimum absolute atomic E-state index is 0.605. The zero-order valence-corrected chi connectivity index (χ0v) is 15.7. The Hall–Kier alpha value is -1.80. The second-order valence-corrected chi connectivity index (χ2v) is 7.44. The highest BCUT2D eigenvalue weighted by molar-refractivity contribution is 5.29. The lowest BCUT2D eigenvalue weighted by molar-refractivity contribution is 0.179. The van der Waals surface area contributed by atoms with E-state index >= 15 is 0 Å². The number of benzene rings is 2. The summed E-state index contributed by atoms with van der Waals surface area (Å²) in [4.78, 5) is 2.65. The molecule has 2 aromatic carbocycles. The monoisotopic (exact) mass is 337 g/mol. The highest BCUT2D eigenvalue weighted by Gasteiger charge is 2.19. The Balaban J connectivity index is 1.39. The molecule has 2 heteroatoms. The van der Waals surface area contributed by atoms with E-state index in [1.54, 1.807) is 7.11 Å². The van der Waals surface area contributed by atoms with Crippen LogP contribution < -0.4 is 4.74 Å². The predicted octanol–water partition coefficient (Wildman–Crippen LogP) is 5.14. The standard InChI is InChI=1S/C23H31NO/c1-19(22-8-10-23(25-2)11-9-22)12-15-24-16-13-21(14-17-24)18-20-6-4-3-5-7-20/h3-11,19,21H,12-18H2,1-2H3. The van der Waals surface area contributed by atoms with Gasteiger partial charge in [-0.05, 0) is 80.4 Å². The van der Waals surface area contributed by atoms with Crippen LogP contribution in [0.15, 0.2) is 54.6 Å². The summed E-state index contributed by atoms with van der Waals surface area (Å²) < 4.78 is 5.25. The van der Waals surface area contributed by atoms with Crippen molar-refractivity contribution >= 4 is 0 Å². The molecular weight excluding hydrogens is 306 g/mol. The number of methoxy groups -OCH3 is 1. The van der Waals surface area contributed by atoms with Gasteiger partial charge in [0, 0.05) is 0 Å². The molecule has 0 aromatic heterocycles. The molecule has 1 aliphatic rings. The zero-order valence-electron chi connectivity index (χ0n) is 15.7. The maximum Gasteiger partial charge on any atom is 0.118 e. The normalized spacial score (nSPS) is 17.4. The maximum atomic E-state index is 5.25. The summed E-state index contributed by atoms with van der Waals surface area (Å²) in [6.07, 6.45) is 5.16. The van der Waals surface area contributed by atoms with Crippen LogP contribution in [0.1, 0.15) is 43.2 Å². The van der Waals surface area contributed by atoms with Crippen molar-refractivity contribution in [1.29, 1.82) is 0 Å². The molecule has 0 bridgehead atoms. The van der Waals surface area contributed by atoms with Gasteiger partial charge in [0.05, 0.1) is 7.11 Å². The Morgan fingerprint density at radius 2 is 1.68 bits per heavy atom. The minimum Gasteiger partial charge on any atom is -0.497 e. The van der Waals surface area contributed by atoms with E-state index in [0.717, 1.165) is 11.7 Å². The first-order chi connectivity index (χ1) is 12.2. The van der Waals surface area contributed by atoms with E-state index in [-0.39, 0.29) is 0 Å². The lowest BCUT2D eigenvalue weighted by Gasteiger charge is -2.32. The molecule has 1 aliphatic heterocycles. The van der Waals surface area contributed by atoms with Gasteiger partial charge in [0.25, 0.3) is 0 Å². The highest BCUT2D eigenvalue weighted by Crippen LogP contribution is 2.25. The van der Waals surface area contributed by atoms with Crippen LogP contribution >= 0.6 is 0 Å². The third kappa shape index (κ3) is 5.34. The van der Waals surface area contributed by atoms with Crippen molar-refractivity contribution in [2.45, 2.75) is 38.5 Å². The topological polar surface area (TPSA) is 12.5 Å². The number of nitrogens with zero attached hydrogens (tertiary/aromatic N) is 1. The Kier molecular flexibility index (Phi) is 6.52. The number of ether oxygens (including phenoxy) is 1. The summed E-state index contributed by atoms with van der Waals surface area (Å²) >= 11 is 0. The van der Waals surface area contributed by atoms with Gasteiger partial charge in [0.2, 0.25) is 0 Å². The van der Waals surface area contributed by atoms with E-state index in [9.17, 15) is 0 Å². The van der Waals surface area contributed by atoms with Crippen LogP contribution in [0.4, 0.5) is 0 Å². The first kappa shape index (κ1) is 18.0. The molecule has 2 nitrogen and oxygen atoms in total. The van der Waals surface area contributed by atoms with Crippen LogP contribution in [-0.4, -0.2) is 31.6 Å². The fourth-order valence-corrected chi connectivity index (χ4v) is 3.84. The quantitative estimate of drug-likeness (QED) is 0.693. The molecule has 0 saturated carbocycles. The second kappa shape index (κ2) is 9.05. The van der Waals surface area contributed by atoms with Gasteiger partial charge in [0.15, 0.2) is 0 Å². The van der Waals surface area contributed by atoms with Crippen molar-refractivity contribution in [2.24, 2.45) is 5.92 Å². The molecule has 1 fully saturated rings. The van der Waals surface area contributed by atoms with E-state index < -0.39 is 0 Å². The van der Waals surface area contributed by atoms with Crippen molar-refractivity contribution in [3.63, 3.8) is 0 Å².